The number of nitrogens with one attached hydrogen (secondary N) is 1. The van der Waals surface area contributed by atoms with Crippen molar-refractivity contribution in [2.24, 2.45) is 5.92 Å². The fraction of sp³-hybridized carbons (Fsp3) is 0.414. The van der Waals surface area contributed by atoms with Crippen LogP contribution in [0.2, 0.25) is 0 Å². The SMILES string of the molecule is CCOC1OC(C(=O)NCc2ccc(F)cc2)=CC(c2coc3ccccc23)C1CCOCCOCCO. The number of halogens is 1. The van der Waals surface area contributed by atoms with E-state index in [9.17, 15) is 9.18 Å². The largest absolute Gasteiger partial charge is 0.464 e. The molecule has 0 saturated carbocycles. The first kappa shape index (κ1) is 27.8. The molecule has 0 fully saturated rings. The maximum atomic E-state index is 13.2. The number of rotatable bonds is 14. The van der Waals surface area contributed by atoms with Crippen LogP contribution in [0.15, 0.2) is 71.0 Å². The van der Waals surface area contributed by atoms with E-state index in [0.29, 0.717) is 32.8 Å². The lowest BCUT2D eigenvalue weighted by Crippen LogP contribution is -2.39. The van der Waals surface area contributed by atoms with E-state index in [1.807, 2.05) is 37.3 Å². The zero-order chi connectivity index (χ0) is 26.7. The molecule has 9 heteroatoms. The van der Waals surface area contributed by atoms with E-state index in [0.717, 1.165) is 22.1 Å². The molecule has 1 amide bonds. The number of hydrogen-bond donors (Lipinski definition) is 2. The predicted octanol–water partition coefficient (Wildman–Crippen LogP) is 4.28. The van der Waals surface area contributed by atoms with Crippen LogP contribution in [-0.2, 0) is 30.3 Å². The molecule has 38 heavy (non-hydrogen) atoms. The molecule has 0 radical (unpaired) electrons. The molecule has 1 aliphatic rings. The molecule has 1 aromatic heterocycles. The molecule has 3 unspecified atom stereocenters. The Morgan fingerprint density at radius 1 is 1.05 bits per heavy atom. The monoisotopic (exact) mass is 527 g/mol. The normalized spacial score (nSPS) is 19.2. The quantitative estimate of drug-likeness (QED) is 0.302. The molecular formula is C29H34FNO7. The van der Waals surface area contributed by atoms with Crippen LogP contribution in [0.4, 0.5) is 4.39 Å². The Labute approximate surface area is 221 Å². The second kappa shape index (κ2) is 14.1. The third-order valence-electron chi connectivity index (χ3n) is 6.38. The van der Waals surface area contributed by atoms with Gasteiger partial charge in [-0.05, 0) is 43.2 Å². The van der Waals surface area contributed by atoms with E-state index in [1.165, 1.54) is 12.1 Å². The minimum Gasteiger partial charge on any atom is -0.464 e. The summed E-state index contributed by atoms with van der Waals surface area (Å²) in [6.45, 7) is 4.00. The third-order valence-corrected chi connectivity index (χ3v) is 6.38. The number of ether oxygens (including phenoxy) is 4. The van der Waals surface area contributed by atoms with Gasteiger partial charge in [0, 0.05) is 42.5 Å². The van der Waals surface area contributed by atoms with Gasteiger partial charge < -0.3 is 33.8 Å². The number of fused-ring (bicyclic) bond motifs is 1. The summed E-state index contributed by atoms with van der Waals surface area (Å²) in [5, 5.41) is 12.6. The zero-order valence-electron chi connectivity index (χ0n) is 21.4. The first-order chi connectivity index (χ1) is 18.6. The van der Waals surface area contributed by atoms with Crippen LogP contribution < -0.4 is 5.32 Å². The zero-order valence-corrected chi connectivity index (χ0v) is 21.4. The van der Waals surface area contributed by atoms with Crippen LogP contribution in [-0.4, -0.2) is 56.9 Å². The average Bonchev–Trinajstić information content (AvgIpc) is 3.36. The summed E-state index contributed by atoms with van der Waals surface area (Å²) in [6.07, 6.45) is 3.48. The van der Waals surface area contributed by atoms with E-state index in [1.54, 1.807) is 18.4 Å². The molecule has 2 N–H and O–H groups in total. The van der Waals surface area contributed by atoms with Crippen LogP contribution in [0.1, 0.15) is 30.4 Å². The average molecular weight is 528 g/mol. The van der Waals surface area contributed by atoms with Gasteiger partial charge in [0.2, 0.25) is 6.29 Å². The van der Waals surface area contributed by atoms with Crippen LogP contribution in [0.3, 0.4) is 0 Å². The number of aliphatic hydroxyl groups excluding tert-OH is 1. The van der Waals surface area contributed by atoms with E-state index in [-0.39, 0.29) is 49.1 Å². The lowest BCUT2D eigenvalue weighted by atomic mass is 9.81. The Morgan fingerprint density at radius 2 is 1.82 bits per heavy atom. The van der Waals surface area contributed by atoms with Crippen LogP contribution in [0.5, 0.6) is 0 Å². The topological polar surface area (TPSA) is 99.4 Å². The fourth-order valence-corrected chi connectivity index (χ4v) is 4.53. The molecule has 0 spiro atoms. The number of furan rings is 1. The van der Waals surface area contributed by atoms with Crippen molar-refractivity contribution < 1.29 is 37.7 Å². The van der Waals surface area contributed by atoms with Gasteiger partial charge in [-0.1, -0.05) is 30.3 Å². The summed E-state index contributed by atoms with van der Waals surface area (Å²) in [5.74, 6) is -0.934. The maximum Gasteiger partial charge on any atom is 0.286 e. The number of amides is 1. The van der Waals surface area contributed by atoms with Gasteiger partial charge in [-0.25, -0.2) is 4.39 Å². The van der Waals surface area contributed by atoms with Crippen molar-refractivity contribution in [3.05, 3.63) is 83.6 Å². The van der Waals surface area contributed by atoms with Gasteiger partial charge >= 0.3 is 0 Å². The summed E-state index contributed by atoms with van der Waals surface area (Å²) in [7, 11) is 0. The number of allylic oxidation sites excluding steroid dienone is 1. The van der Waals surface area contributed by atoms with Crippen molar-refractivity contribution in [2.75, 3.05) is 39.6 Å². The molecule has 0 saturated heterocycles. The smallest absolute Gasteiger partial charge is 0.286 e. The van der Waals surface area contributed by atoms with Crippen molar-refractivity contribution >= 4 is 16.9 Å². The summed E-state index contributed by atoms with van der Waals surface area (Å²) in [5.41, 5.74) is 2.47. The number of carbonyl (C=O) groups is 1. The number of hydrogen-bond acceptors (Lipinski definition) is 7. The number of para-hydroxylation sites is 1. The highest BCUT2D eigenvalue weighted by Gasteiger charge is 2.39. The third kappa shape index (κ3) is 7.20. The van der Waals surface area contributed by atoms with E-state index in [4.69, 9.17) is 28.5 Å². The van der Waals surface area contributed by atoms with Gasteiger partial charge in [-0.2, -0.15) is 0 Å². The predicted molar refractivity (Wildman–Crippen MR) is 139 cm³/mol. The lowest BCUT2D eigenvalue weighted by Gasteiger charge is -2.36. The summed E-state index contributed by atoms with van der Waals surface area (Å²) >= 11 is 0. The molecule has 2 aromatic carbocycles. The Hall–Kier alpha value is -3.24. The highest BCUT2D eigenvalue weighted by atomic mass is 19.1. The second-order valence-electron chi connectivity index (χ2n) is 8.90. The minimum absolute atomic E-state index is 0.0259. The van der Waals surface area contributed by atoms with Gasteiger partial charge in [-0.3, -0.25) is 4.79 Å². The highest BCUT2D eigenvalue weighted by molar-refractivity contribution is 5.92. The first-order valence-electron chi connectivity index (χ1n) is 12.9. The summed E-state index contributed by atoms with van der Waals surface area (Å²) in [6, 6.07) is 13.7. The van der Waals surface area contributed by atoms with Crippen molar-refractivity contribution in [1.82, 2.24) is 5.32 Å². The first-order valence-corrected chi connectivity index (χ1v) is 12.9. The van der Waals surface area contributed by atoms with Crippen molar-refractivity contribution in [1.29, 1.82) is 0 Å². The molecule has 204 valence electrons. The Kier molecular flexibility index (Phi) is 10.3. The van der Waals surface area contributed by atoms with E-state index < -0.39 is 6.29 Å². The van der Waals surface area contributed by atoms with Crippen molar-refractivity contribution in [3.8, 4) is 0 Å². The van der Waals surface area contributed by atoms with Crippen LogP contribution in [0.25, 0.3) is 11.0 Å². The second-order valence-corrected chi connectivity index (χ2v) is 8.90. The highest BCUT2D eigenvalue weighted by Crippen LogP contribution is 2.42. The van der Waals surface area contributed by atoms with Crippen molar-refractivity contribution in [3.63, 3.8) is 0 Å². The van der Waals surface area contributed by atoms with E-state index in [2.05, 4.69) is 5.32 Å². The van der Waals surface area contributed by atoms with Crippen LogP contribution >= 0.6 is 0 Å². The summed E-state index contributed by atoms with van der Waals surface area (Å²) in [4.78, 5) is 13.1. The molecule has 3 atom stereocenters. The van der Waals surface area contributed by atoms with Crippen molar-refractivity contribution in [2.45, 2.75) is 32.1 Å². The number of benzene rings is 2. The minimum atomic E-state index is -0.676. The van der Waals surface area contributed by atoms with Crippen LogP contribution in [0, 0.1) is 11.7 Å². The molecule has 3 aromatic rings. The fourth-order valence-electron chi connectivity index (χ4n) is 4.53. The number of carbonyl (C=O) groups excluding carboxylic acids is 1. The van der Waals surface area contributed by atoms with Gasteiger partial charge in [0.1, 0.15) is 11.4 Å². The summed E-state index contributed by atoms with van der Waals surface area (Å²) < 4.78 is 42.1. The van der Waals surface area contributed by atoms with Gasteiger partial charge in [-0.15, -0.1) is 0 Å². The molecule has 0 aliphatic carbocycles. The van der Waals surface area contributed by atoms with Gasteiger partial charge in [0.25, 0.3) is 5.91 Å². The van der Waals surface area contributed by atoms with Gasteiger partial charge in [0.05, 0.1) is 32.7 Å². The lowest BCUT2D eigenvalue weighted by molar-refractivity contribution is -0.168. The standard InChI is InChI=1S/C29H34FNO7/c1-2-36-29-23(11-13-34-15-16-35-14-12-32)24(25-19-37-26-6-4-3-5-22(25)26)17-27(38-29)28(33)31-18-20-7-9-21(30)10-8-20/h3-10,17,19,23-24,29,32H,2,11-16,18H2,1H3,(H,31,33). The molecule has 0 bridgehead atoms. The Balaban J connectivity index is 1.54. The molecule has 4 rings (SSSR count). The molecule has 8 nitrogen and oxygen atoms in total. The number of aliphatic hydroxyl groups is 1. The Bertz CT molecular complexity index is 1190. The van der Waals surface area contributed by atoms with E-state index >= 15 is 0 Å². The van der Waals surface area contributed by atoms with Gasteiger partial charge in [0.15, 0.2) is 5.76 Å². The Morgan fingerprint density at radius 3 is 2.58 bits per heavy atom. The maximum absolute atomic E-state index is 13.2. The molecule has 1 aliphatic heterocycles. The molecule has 2 heterocycles. The molecular weight excluding hydrogens is 493 g/mol.